The number of anilines is 2. The highest BCUT2D eigenvalue weighted by Crippen LogP contribution is 2.18. The number of carbonyl (C=O) groups excluding carboxylic acids is 1. The molecule has 1 aromatic heterocycles. The van der Waals surface area contributed by atoms with Crippen LogP contribution in [0.25, 0.3) is 0 Å². The highest BCUT2D eigenvalue weighted by Gasteiger charge is 2.06. The second-order valence-electron chi connectivity index (χ2n) is 5.66. The average Bonchev–Trinajstić information content (AvgIpc) is 2.73. The van der Waals surface area contributed by atoms with Crippen LogP contribution in [0.5, 0.6) is 5.75 Å². The maximum atomic E-state index is 12.0. The number of hydrogen-bond acceptors (Lipinski definition) is 6. The standard InChI is InChI=1S/C20H20N4O2S/c1-26-17-9-7-16(8-10-17)22-19(25)14-27-20-12-11-18(23-24-20)21-13-15-5-3-2-4-6-15/h2-12H,13-14H2,1H3,(H,21,23)(H,22,25). The van der Waals surface area contributed by atoms with Crippen molar-refractivity contribution in [2.75, 3.05) is 23.5 Å². The predicted molar refractivity (Wildman–Crippen MR) is 108 cm³/mol. The molecule has 1 amide bonds. The van der Waals surface area contributed by atoms with Crippen molar-refractivity contribution < 1.29 is 9.53 Å². The molecule has 0 spiro atoms. The van der Waals surface area contributed by atoms with Gasteiger partial charge in [-0.15, -0.1) is 10.2 Å². The smallest absolute Gasteiger partial charge is 0.234 e. The van der Waals surface area contributed by atoms with E-state index in [1.54, 1.807) is 31.4 Å². The molecule has 7 heteroatoms. The van der Waals surface area contributed by atoms with Gasteiger partial charge in [0.2, 0.25) is 5.91 Å². The molecular weight excluding hydrogens is 360 g/mol. The van der Waals surface area contributed by atoms with Gasteiger partial charge in [-0.3, -0.25) is 4.79 Å². The molecule has 0 aliphatic carbocycles. The molecule has 6 nitrogen and oxygen atoms in total. The molecule has 0 bridgehead atoms. The molecule has 138 valence electrons. The predicted octanol–water partition coefficient (Wildman–Crippen LogP) is 3.83. The zero-order valence-corrected chi connectivity index (χ0v) is 15.7. The third-order valence-electron chi connectivity index (χ3n) is 3.68. The Kier molecular flexibility index (Phi) is 6.65. The average molecular weight is 380 g/mol. The molecule has 0 fully saturated rings. The summed E-state index contributed by atoms with van der Waals surface area (Å²) in [4.78, 5) is 12.0. The van der Waals surface area contributed by atoms with Crippen molar-refractivity contribution in [3.8, 4) is 5.75 Å². The van der Waals surface area contributed by atoms with Crippen molar-refractivity contribution in [3.63, 3.8) is 0 Å². The number of ether oxygens (including phenoxy) is 1. The number of benzene rings is 2. The highest BCUT2D eigenvalue weighted by atomic mass is 32.2. The fraction of sp³-hybridized carbons (Fsp3) is 0.150. The largest absolute Gasteiger partial charge is 0.497 e. The minimum atomic E-state index is -0.0988. The minimum Gasteiger partial charge on any atom is -0.497 e. The fourth-order valence-corrected chi connectivity index (χ4v) is 2.90. The van der Waals surface area contributed by atoms with Gasteiger partial charge in [0.1, 0.15) is 16.6 Å². The summed E-state index contributed by atoms with van der Waals surface area (Å²) in [5.41, 5.74) is 1.90. The molecule has 0 saturated heterocycles. The van der Waals surface area contributed by atoms with E-state index >= 15 is 0 Å². The maximum absolute atomic E-state index is 12.0. The summed E-state index contributed by atoms with van der Waals surface area (Å²) in [6.07, 6.45) is 0. The molecule has 0 aliphatic heterocycles. The number of aromatic nitrogens is 2. The summed E-state index contributed by atoms with van der Waals surface area (Å²) in [7, 11) is 1.60. The van der Waals surface area contributed by atoms with Gasteiger partial charge in [-0.05, 0) is 42.0 Å². The first-order valence-electron chi connectivity index (χ1n) is 8.41. The number of rotatable bonds is 8. The Bertz CT molecular complexity index is 855. The molecule has 3 aromatic rings. The van der Waals surface area contributed by atoms with Gasteiger partial charge < -0.3 is 15.4 Å². The molecule has 1 heterocycles. The van der Waals surface area contributed by atoms with Crippen LogP contribution in [0.1, 0.15) is 5.56 Å². The Morgan fingerprint density at radius 3 is 2.44 bits per heavy atom. The number of nitrogens with one attached hydrogen (secondary N) is 2. The van der Waals surface area contributed by atoms with Crippen LogP contribution >= 0.6 is 11.8 Å². The van der Waals surface area contributed by atoms with Gasteiger partial charge in [0.25, 0.3) is 0 Å². The Labute approximate surface area is 162 Å². The van der Waals surface area contributed by atoms with Crippen LogP contribution in [-0.2, 0) is 11.3 Å². The lowest BCUT2D eigenvalue weighted by molar-refractivity contribution is -0.113. The zero-order chi connectivity index (χ0) is 18.9. The van der Waals surface area contributed by atoms with E-state index in [1.165, 1.54) is 17.3 Å². The zero-order valence-electron chi connectivity index (χ0n) is 14.9. The quantitative estimate of drug-likeness (QED) is 0.579. The van der Waals surface area contributed by atoms with E-state index < -0.39 is 0 Å². The lowest BCUT2D eigenvalue weighted by atomic mass is 10.2. The maximum Gasteiger partial charge on any atom is 0.234 e. The van der Waals surface area contributed by atoms with Gasteiger partial charge in [0, 0.05) is 12.2 Å². The summed E-state index contributed by atoms with van der Waals surface area (Å²) in [5, 5.41) is 15.1. The van der Waals surface area contributed by atoms with Gasteiger partial charge in [0.05, 0.1) is 12.9 Å². The van der Waals surface area contributed by atoms with Crippen LogP contribution in [0.2, 0.25) is 0 Å². The van der Waals surface area contributed by atoms with Crippen LogP contribution in [0.3, 0.4) is 0 Å². The second kappa shape index (κ2) is 9.59. The normalized spacial score (nSPS) is 10.3. The van der Waals surface area contributed by atoms with Crippen LogP contribution in [0.4, 0.5) is 11.5 Å². The van der Waals surface area contributed by atoms with E-state index in [1.807, 2.05) is 42.5 Å². The van der Waals surface area contributed by atoms with E-state index in [2.05, 4.69) is 20.8 Å². The number of carbonyl (C=O) groups is 1. The number of thioether (sulfide) groups is 1. The third kappa shape index (κ3) is 6.00. The van der Waals surface area contributed by atoms with Crippen molar-refractivity contribution in [3.05, 3.63) is 72.3 Å². The van der Waals surface area contributed by atoms with Gasteiger partial charge in [0.15, 0.2) is 0 Å². The number of amides is 1. The van der Waals surface area contributed by atoms with Crippen molar-refractivity contribution in [2.24, 2.45) is 0 Å². The monoisotopic (exact) mass is 380 g/mol. The first kappa shape index (κ1) is 18.7. The molecule has 0 radical (unpaired) electrons. The topological polar surface area (TPSA) is 76.1 Å². The van der Waals surface area contributed by atoms with Crippen LogP contribution in [0.15, 0.2) is 71.8 Å². The molecule has 2 N–H and O–H groups in total. The van der Waals surface area contributed by atoms with Gasteiger partial charge in [-0.2, -0.15) is 0 Å². The first-order chi connectivity index (χ1) is 13.2. The summed E-state index contributed by atoms with van der Waals surface area (Å²) < 4.78 is 5.09. The van der Waals surface area contributed by atoms with E-state index in [0.717, 1.165) is 11.4 Å². The first-order valence-corrected chi connectivity index (χ1v) is 9.40. The van der Waals surface area contributed by atoms with E-state index in [-0.39, 0.29) is 11.7 Å². The number of hydrogen-bond donors (Lipinski definition) is 2. The Hall–Kier alpha value is -3.06. The second-order valence-corrected chi connectivity index (χ2v) is 6.66. The molecule has 0 unspecified atom stereocenters. The van der Waals surface area contributed by atoms with E-state index in [9.17, 15) is 4.79 Å². The summed E-state index contributed by atoms with van der Waals surface area (Å²) >= 11 is 1.34. The van der Waals surface area contributed by atoms with Gasteiger partial charge >= 0.3 is 0 Å². The van der Waals surface area contributed by atoms with E-state index in [0.29, 0.717) is 17.4 Å². The molecule has 0 atom stereocenters. The van der Waals surface area contributed by atoms with Crippen molar-refractivity contribution >= 4 is 29.2 Å². The highest BCUT2D eigenvalue weighted by molar-refractivity contribution is 7.99. The summed E-state index contributed by atoms with van der Waals surface area (Å²) in [6, 6.07) is 21.0. The van der Waals surface area contributed by atoms with Crippen LogP contribution in [0, 0.1) is 0 Å². The summed E-state index contributed by atoms with van der Waals surface area (Å²) in [5.74, 6) is 1.61. The summed E-state index contributed by atoms with van der Waals surface area (Å²) in [6.45, 7) is 0.687. The number of methoxy groups -OCH3 is 1. The van der Waals surface area contributed by atoms with Crippen LogP contribution in [-0.4, -0.2) is 29.0 Å². The van der Waals surface area contributed by atoms with Crippen molar-refractivity contribution in [1.82, 2.24) is 10.2 Å². The molecule has 0 aliphatic rings. The lowest BCUT2D eigenvalue weighted by Crippen LogP contribution is -2.14. The Balaban J connectivity index is 1.44. The van der Waals surface area contributed by atoms with Crippen molar-refractivity contribution in [2.45, 2.75) is 11.6 Å². The van der Waals surface area contributed by atoms with Gasteiger partial charge in [-0.1, -0.05) is 42.1 Å². The molecule has 27 heavy (non-hydrogen) atoms. The van der Waals surface area contributed by atoms with Crippen LogP contribution < -0.4 is 15.4 Å². The fourth-order valence-electron chi connectivity index (χ4n) is 2.29. The third-order valence-corrected chi connectivity index (χ3v) is 4.60. The SMILES string of the molecule is COc1ccc(NC(=O)CSc2ccc(NCc3ccccc3)nn2)cc1. The molecule has 3 rings (SSSR count). The molecule has 0 saturated carbocycles. The Morgan fingerprint density at radius 2 is 1.78 bits per heavy atom. The lowest BCUT2D eigenvalue weighted by Gasteiger charge is -2.07. The Morgan fingerprint density at radius 1 is 1.00 bits per heavy atom. The van der Waals surface area contributed by atoms with Crippen molar-refractivity contribution in [1.29, 1.82) is 0 Å². The van der Waals surface area contributed by atoms with Gasteiger partial charge in [-0.25, -0.2) is 0 Å². The van der Waals surface area contributed by atoms with E-state index in [4.69, 9.17) is 4.74 Å². The molecular formula is C20H20N4O2S. The minimum absolute atomic E-state index is 0.0988. The molecule has 2 aromatic carbocycles. The number of nitrogens with zero attached hydrogens (tertiary/aromatic N) is 2.